The Morgan fingerprint density at radius 1 is 1.40 bits per heavy atom. The van der Waals surface area contributed by atoms with Crippen molar-refractivity contribution in [3.05, 3.63) is 34.5 Å². The minimum atomic E-state index is -0.828. The van der Waals surface area contributed by atoms with Crippen LogP contribution in [0.4, 0.5) is 0 Å². The van der Waals surface area contributed by atoms with E-state index in [0.29, 0.717) is 5.56 Å². The van der Waals surface area contributed by atoms with Crippen molar-refractivity contribution < 1.29 is 9.90 Å². The van der Waals surface area contributed by atoms with Crippen molar-refractivity contribution in [1.82, 2.24) is 9.47 Å². The number of hydrogen-bond donors (Lipinski definition) is 1. The minimum Gasteiger partial charge on any atom is -0.478 e. The number of nitrogens with zero attached hydrogens (tertiary/aromatic N) is 2. The van der Waals surface area contributed by atoms with Crippen LogP contribution in [-0.4, -0.2) is 34.1 Å². The van der Waals surface area contributed by atoms with Crippen LogP contribution in [0.2, 0.25) is 0 Å². The summed E-state index contributed by atoms with van der Waals surface area (Å²) in [6.45, 7) is 6.72. The van der Waals surface area contributed by atoms with E-state index in [1.54, 1.807) is 0 Å². The van der Waals surface area contributed by atoms with Crippen molar-refractivity contribution in [2.45, 2.75) is 33.4 Å². The van der Waals surface area contributed by atoms with Gasteiger partial charge in [0.1, 0.15) is 0 Å². The zero-order chi connectivity index (χ0) is 14.4. The third-order valence-corrected chi connectivity index (χ3v) is 4.34. The van der Waals surface area contributed by atoms with Gasteiger partial charge in [0.25, 0.3) is 0 Å². The zero-order valence-corrected chi connectivity index (χ0v) is 12.2. The van der Waals surface area contributed by atoms with Gasteiger partial charge in [0.15, 0.2) is 0 Å². The minimum absolute atomic E-state index is 0.460. The molecule has 0 spiro atoms. The normalized spacial score (nSPS) is 15.6. The highest BCUT2D eigenvalue weighted by atomic mass is 16.4. The number of carboxylic acid groups (broad SMARTS) is 1. The molecule has 0 aliphatic carbocycles. The summed E-state index contributed by atoms with van der Waals surface area (Å²) in [5, 5.41) is 10.7. The lowest BCUT2D eigenvalue weighted by Crippen LogP contribution is -2.27. The van der Waals surface area contributed by atoms with Crippen LogP contribution in [0.25, 0.3) is 10.9 Å². The van der Waals surface area contributed by atoms with Gasteiger partial charge < -0.3 is 14.6 Å². The summed E-state index contributed by atoms with van der Waals surface area (Å²) in [6, 6.07) is 4.02. The Morgan fingerprint density at radius 2 is 2.15 bits per heavy atom. The van der Waals surface area contributed by atoms with Crippen molar-refractivity contribution in [1.29, 1.82) is 0 Å². The van der Waals surface area contributed by atoms with Crippen molar-refractivity contribution in [2.75, 3.05) is 13.6 Å². The lowest BCUT2D eigenvalue weighted by Gasteiger charge is -2.24. The average Bonchev–Trinajstić information content (AvgIpc) is 2.70. The quantitative estimate of drug-likeness (QED) is 0.914. The molecule has 0 radical (unpaired) electrons. The molecule has 2 aromatic rings. The first-order valence-electron chi connectivity index (χ1n) is 7.10. The van der Waals surface area contributed by atoms with Crippen molar-refractivity contribution in [3.63, 3.8) is 0 Å². The standard InChI is InChI=1S/C16H20N2O2/c1-4-18-13-7-8-17(3)9-12(13)11-6-5-10(2)14(15(11)18)16(19)20/h5-6H,4,7-9H2,1-3H3,(H,19,20). The van der Waals surface area contributed by atoms with E-state index in [0.717, 1.165) is 42.5 Å². The highest BCUT2D eigenvalue weighted by Crippen LogP contribution is 2.33. The largest absolute Gasteiger partial charge is 0.478 e. The van der Waals surface area contributed by atoms with Gasteiger partial charge in [0.05, 0.1) is 11.1 Å². The molecular weight excluding hydrogens is 252 g/mol. The first-order chi connectivity index (χ1) is 9.54. The molecule has 106 valence electrons. The maximum Gasteiger partial charge on any atom is 0.338 e. The van der Waals surface area contributed by atoms with Crippen molar-refractivity contribution >= 4 is 16.9 Å². The molecule has 1 aliphatic heterocycles. The highest BCUT2D eigenvalue weighted by Gasteiger charge is 2.25. The molecule has 4 heteroatoms. The lowest BCUT2D eigenvalue weighted by atomic mass is 10.0. The van der Waals surface area contributed by atoms with Crippen LogP contribution in [-0.2, 0) is 19.5 Å². The third-order valence-electron chi connectivity index (χ3n) is 4.34. The molecule has 0 fully saturated rings. The molecule has 20 heavy (non-hydrogen) atoms. The smallest absolute Gasteiger partial charge is 0.338 e. The van der Waals surface area contributed by atoms with E-state index < -0.39 is 5.97 Å². The molecule has 0 amide bonds. The summed E-state index contributed by atoms with van der Waals surface area (Å²) in [5.74, 6) is -0.828. The number of aromatic nitrogens is 1. The Hall–Kier alpha value is -1.81. The predicted molar refractivity (Wildman–Crippen MR) is 79.3 cm³/mol. The molecule has 0 unspecified atom stereocenters. The fourth-order valence-electron chi connectivity index (χ4n) is 3.40. The third kappa shape index (κ3) is 1.75. The molecule has 3 rings (SSSR count). The molecule has 2 heterocycles. The topological polar surface area (TPSA) is 45.5 Å². The summed E-state index contributed by atoms with van der Waals surface area (Å²) < 4.78 is 2.20. The van der Waals surface area contributed by atoms with E-state index >= 15 is 0 Å². The number of benzene rings is 1. The average molecular weight is 272 g/mol. The van der Waals surface area contributed by atoms with E-state index in [9.17, 15) is 9.90 Å². The van der Waals surface area contributed by atoms with E-state index in [1.807, 2.05) is 13.0 Å². The number of carbonyl (C=O) groups is 1. The Morgan fingerprint density at radius 3 is 2.80 bits per heavy atom. The summed E-state index contributed by atoms with van der Waals surface area (Å²) >= 11 is 0. The molecule has 0 saturated carbocycles. The van der Waals surface area contributed by atoms with Crippen LogP contribution in [0.5, 0.6) is 0 Å². The van der Waals surface area contributed by atoms with Gasteiger partial charge in [0.2, 0.25) is 0 Å². The Bertz CT molecular complexity index is 700. The molecule has 1 N–H and O–H groups in total. The van der Waals surface area contributed by atoms with Gasteiger partial charge in [-0.1, -0.05) is 12.1 Å². The zero-order valence-electron chi connectivity index (χ0n) is 12.2. The van der Waals surface area contributed by atoms with E-state index in [1.165, 1.54) is 11.3 Å². The van der Waals surface area contributed by atoms with E-state index in [2.05, 4.69) is 29.5 Å². The first-order valence-corrected chi connectivity index (χ1v) is 7.10. The number of aryl methyl sites for hydroxylation is 2. The van der Waals surface area contributed by atoms with Crippen LogP contribution < -0.4 is 0 Å². The molecule has 1 aromatic carbocycles. The SMILES string of the molecule is CCn1c2c(c3ccc(C)c(C(=O)O)c31)CN(C)CC2. The van der Waals surface area contributed by atoms with E-state index in [4.69, 9.17) is 0 Å². The number of rotatable bonds is 2. The van der Waals surface area contributed by atoms with Crippen LogP contribution in [0, 0.1) is 6.92 Å². The predicted octanol–water partition coefficient (Wildman–Crippen LogP) is 2.66. The second-order valence-corrected chi connectivity index (χ2v) is 5.62. The maximum atomic E-state index is 11.7. The van der Waals surface area contributed by atoms with Gasteiger partial charge in [-0.15, -0.1) is 0 Å². The Balaban J connectivity index is 2.42. The fourth-order valence-corrected chi connectivity index (χ4v) is 3.40. The van der Waals surface area contributed by atoms with Gasteiger partial charge >= 0.3 is 5.97 Å². The number of carboxylic acids is 1. The number of likely N-dealkylation sites (N-methyl/N-ethyl adjacent to an activating group) is 1. The van der Waals surface area contributed by atoms with Gasteiger partial charge in [-0.05, 0) is 32.0 Å². The van der Waals surface area contributed by atoms with Gasteiger partial charge in [-0.3, -0.25) is 0 Å². The Kier molecular flexibility index (Phi) is 3.05. The highest BCUT2D eigenvalue weighted by molar-refractivity contribution is 6.05. The van der Waals surface area contributed by atoms with Gasteiger partial charge in [-0.2, -0.15) is 0 Å². The van der Waals surface area contributed by atoms with Crippen molar-refractivity contribution in [3.8, 4) is 0 Å². The van der Waals surface area contributed by atoms with E-state index in [-0.39, 0.29) is 0 Å². The second kappa shape index (κ2) is 4.63. The molecule has 1 aromatic heterocycles. The Labute approximate surface area is 118 Å². The molecule has 1 aliphatic rings. The summed E-state index contributed by atoms with van der Waals surface area (Å²) in [6.07, 6.45) is 0.993. The van der Waals surface area contributed by atoms with Crippen LogP contribution in [0.3, 0.4) is 0 Å². The van der Waals surface area contributed by atoms with Crippen LogP contribution in [0.15, 0.2) is 12.1 Å². The first kappa shape index (κ1) is 13.2. The lowest BCUT2D eigenvalue weighted by molar-refractivity contribution is 0.0698. The molecule has 4 nitrogen and oxygen atoms in total. The van der Waals surface area contributed by atoms with Crippen LogP contribution >= 0.6 is 0 Å². The summed E-state index contributed by atoms with van der Waals surface area (Å²) in [5.41, 5.74) is 4.82. The van der Waals surface area contributed by atoms with Gasteiger partial charge in [-0.25, -0.2) is 4.79 Å². The van der Waals surface area contributed by atoms with Crippen LogP contribution in [0.1, 0.15) is 34.1 Å². The number of hydrogen-bond acceptors (Lipinski definition) is 2. The molecular formula is C16H20N2O2. The number of aromatic carboxylic acids is 1. The summed E-state index contributed by atoms with van der Waals surface area (Å²) in [4.78, 5) is 14.0. The molecule has 0 bridgehead atoms. The van der Waals surface area contributed by atoms with Gasteiger partial charge in [0, 0.05) is 37.1 Å². The second-order valence-electron chi connectivity index (χ2n) is 5.62. The number of fused-ring (bicyclic) bond motifs is 3. The summed E-state index contributed by atoms with van der Waals surface area (Å²) in [7, 11) is 2.12. The molecule has 0 atom stereocenters. The van der Waals surface area contributed by atoms with Crippen molar-refractivity contribution in [2.24, 2.45) is 0 Å². The maximum absolute atomic E-state index is 11.7. The monoisotopic (exact) mass is 272 g/mol. The fraction of sp³-hybridized carbons (Fsp3) is 0.438. The molecule has 0 saturated heterocycles.